The van der Waals surface area contributed by atoms with Gasteiger partial charge >= 0.3 is 0 Å². The summed E-state index contributed by atoms with van der Waals surface area (Å²) < 4.78 is 14.7. The largest absolute Gasteiger partial charge is 0.376 e. The number of hydrogen-bond donors (Lipinski definition) is 2. The molecule has 0 saturated carbocycles. The zero-order valence-electron chi connectivity index (χ0n) is 12.7. The van der Waals surface area contributed by atoms with Crippen LogP contribution in [0.2, 0.25) is 10.0 Å². The van der Waals surface area contributed by atoms with Crippen molar-refractivity contribution in [2.24, 2.45) is 0 Å². The van der Waals surface area contributed by atoms with Gasteiger partial charge < -0.3 is 10.6 Å². The van der Waals surface area contributed by atoms with Gasteiger partial charge in [0.05, 0.1) is 22.9 Å². The van der Waals surface area contributed by atoms with Crippen molar-refractivity contribution in [3.05, 3.63) is 64.9 Å². The van der Waals surface area contributed by atoms with Gasteiger partial charge in [0.25, 0.3) is 0 Å². The Morgan fingerprint density at radius 2 is 2.04 bits per heavy atom. The number of nitrogens with zero attached hydrogens (tertiary/aromatic N) is 3. The molecule has 0 unspecified atom stereocenters. The second-order valence-electron chi connectivity index (χ2n) is 5.03. The van der Waals surface area contributed by atoms with Crippen molar-refractivity contribution in [2.45, 2.75) is 0 Å². The van der Waals surface area contributed by atoms with Crippen molar-refractivity contribution < 1.29 is 9.18 Å². The van der Waals surface area contributed by atoms with Crippen molar-refractivity contribution in [1.82, 2.24) is 14.8 Å². The van der Waals surface area contributed by atoms with Crippen LogP contribution in [0.4, 0.5) is 15.8 Å². The smallest absolute Gasteiger partial charge is 0.243 e. The zero-order valence-corrected chi connectivity index (χ0v) is 14.2. The Balaban J connectivity index is 1.70. The third-order valence-electron chi connectivity index (χ3n) is 3.27. The number of nitrogens with one attached hydrogen (secondary N) is 2. The number of hydrogen-bond acceptors (Lipinski definition) is 4. The quantitative estimate of drug-likeness (QED) is 0.707. The number of anilines is 2. The van der Waals surface area contributed by atoms with E-state index in [1.54, 1.807) is 18.2 Å². The molecule has 1 heterocycles. The van der Waals surface area contributed by atoms with E-state index < -0.39 is 5.82 Å². The standard InChI is InChI=1S/C16H12Cl2FN5O/c17-10-1-4-15(24-9-20-8-22-24)14(5-10)23-16(25)7-21-11-2-3-13(19)12(18)6-11/h1-6,8-9,21H,7H2,(H,23,25). The lowest BCUT2D eigenvalue weighted by Crippen LogP contribution is -2.22. The molecule has 2 aromatic carbocycles. The van der Waals surface area contributed by atoms with Crippen LogP contribution in [0.3, 0.4) is 0 Å². The summed E-state index contributed by atoms with van der Waals surface area (Å²) in [6, 6.07) is 9.15. The molecule has 0 aliphatic carbocycles. The first kappa shape index (κ1) is 17.2. The highest BCUT2D eigenvalue weighted by atomic mass is 35.5. The molecule has 0 spiro atoms. The van der Waals surface area contributed by atoms with Crippen molar-refractivity contribution in [3.8, 4) is 5.69 Å². The van der Waals surface area contributed by atoms with Crippen LogP contribution >= 0.6 is 23.2 Å². The van der Waals surface area contributed by atoms with Crippen LogP contribution in [0.15, 0.2) is 49.1 Å². The van der Waals surface area contributed by atoms with Crippen LogP contribution in [-0.2, 0) is 4.79 Å². The number of benzene rings is 2. The van der Waals surface area contributed by atoms with Gasteiger partial charge in [0.2, 0.25) is 5.91 Å². The van der Waals surface area contributed by atoms with Gasteiger partial charge in [-0.15, -0.1) is 0 Å². The molecule has 3 aromatic rings. The van der Waals surface area contributed by atoms with Gasteiger partial charge in [-0.05, 0) is 36.4 Å². The van der Waals surface area contributed by atoms with Gasteiger partial charge in [-0.2, -0.15) is 5.10 Å². The normalized spacial score (nSPS) is 10.5. The fourth-order valence-electron chi connectivity index (χ4n) is 2.12. The van der Waals surface area contributed by atoms with Crippen LogP contribution in [0.1, 0.15) is 0 Å². The number of amides is 1. The Kier molecular flexibility index (Phi) is 5.16. The molecule has 25 heavy (non-hydrogen) atoms. The Morgan fingerprint density at radius 1 is 1.20 bits per heavy atom. The van der Waals surface area contributed by atoms with E-state index in [1.807, 2.05) is 0 Å². The molecule has 0 atom stereocenters. The number of rotatable bonds is 5. The van der Waals surface area contributed by atoms with Crippen LogP contribution in [0, 0.1) is 5.82 Å². The molecule has 0 bridgehead atoms. The van der Waals surface area contributed by atoms with E-state index in [2.05, 4.69) is 20.7 Å². The maximum atomic E-state index is 13.1. The summed E-state index contributed by atoms with van der Waals surface area (Å²) in [5.74, 6) is -0.836. The van der Waals surface area contributed by atoms with Crippen LogP contribution in [0.5, 0.6) is 0 Å². The highest BCUT2D eigenvalue weighted by Crippen LogP contribution is 2.24. The van der Waals surface area contributed by atoms with E-state index in [4.69, 9.17) is 23.2 Å². The maximum Gasteiger partial charge on any atom is 0.243 e. The van der Waals surface area contributed by atoms with E-state index in [0.29, 0.717) is 22.1 Å². The summed E-state index contributed by atoms with van der Waals surface area (Å²) >= 11 is 11.7. The van der Waals surface area contributed by atoms with E-state index in [9.17, 15) is 9.18 Å². The second kappa shape index (κ2) is 7.50. The van der Waals surface area contributed by atoms with Gasteiger partial charge in [-0.1, -0.05) is 23.2 Å². The lowest BCUT2D eigenvalue weighted by Gasteiger charge is -2.12. The first-order valence-corrected chi connectivity index (χ1v) is 7.92. The third-order valence-corrected chi connectivity index (χ3v) is 3.80. The molecule has 9 heteroatoms. The van der Waals surface area contributed by atoms with Crippen LogP contribution < -0.4 is 10.6 Å². The predicted octanol–water partition coefficient (Wildman–Crippen LogP) is 3.76. The average molecular weight is 380 g/mol. The van der Waals surface area contributed by atoms with E-state index >= 15 is 0 Å². The molecule has 0 fully saturated rings. The Bertz CT molecular complexity index is 902. The van der Waals surface area contributed by atoms with Crippen molar-refractivity contribution in [1.29, 1.82) is 0 Å². The summed E-state index contributed by atoms with van der Waals surface area (Å²) in [5.41, 5.74) is 1.64. The molecule has 0 aliphatic rings. The fraction of sp³-hybridized carbons (Fsp3) is 0.0625. The lowest BCUT2D eigenvalue weighted by atomic mass is 10.2. The van der Waals surface area contributed by atoms with Gasteiger partial charge in [-0.3, -0.25) is 4.79 Å². The number of carbonyl (C=O) groups excluding carboxylic acids is 1. The lowest BCUT2D eigenvalue weighted by molar-refractivity contribution is -0.114. The molecule has 0 radical (unpaired) electrons. The van der Waals surface area contributed by atoms with Crippen molar-refractivity contribution in [2.75, 3.05) is 17.2 Å². The van der Waals surface area contributed by atoms with Crippen LogP contribution in [0.25, 0.3) is 5.69 Å². The monoisotopic (exact) mass is 379 g/mol. The molecular weight excluding hydrogens is 368 g/mol. The Hall–Kier alpha value is -2.64. The number of halogens is 3. The molecular formula is C16H12Cl2FN5O. The van der Waals surface area contributed by atoms with E-state index in [1.165, 1.54) is 35.5 Å². The minimum absolute atomic E-state index is 0.0197. The molecule has 2 N–H and O–H groups in total. The molecule has 6 nitrogen and oxygen atoms in total. The fourth-order valence-corrected chi connectivity index (χ4v) is 2.48. The van der Waals surface area contributed by atoms with Gasteiger partial charge in [0, 0.05) is 10.7 Å². The molecule has 128 valence electrons. The van der Waals surface area contributed by atoms with Crippen LogP contribution in [-0.4, -0.2) is 27.2 Å². The summed E-state index contributed by atoms with van der Waals surface area (Å²) in [7, 11) is 0. The molecule has 1 aromatic heterocycles. The van der Waals surface area contributed by atoms with Gasteiger partial charge in [0.1, 0.15) is 18.5 Å². The average Bonchev–Trinajstić information content (AvgIpc) is 3.10. The number of carbonyl (C=O) groups is 1. The molecule has 3 rings (SSSR count). The number of aromatic nitrogens is 3. The minimum atomic E-state index is -0.520. The van der Waals surface area contributed by atoms with Crippen molar-refractivity contribution in [3.63, 3.8) is 0 Å². The maximum absolute atomic E-state index is 13.1. The predicted molar refractivity (Wildman–Crippen MR) is 94.9 cm³/mol. The summed E-state index contributed by atoms with van der Waals surface area (Å²) in [4.78, 5) is 16.1. The van der Waals surface area contributed by atoms with E-state index in [-0.39, 0.29) is 17.5 Å². The second-order valence-corrected chi connectivity index (χ2v) is 5.88. The first-order valence-electron chi connectivity index (χ1n) is 7.16. The summed E-state index contributed by atoms with van der Waals surface area (Å²) in [6.07, 6.45) is 2.90. The summed E-state index contributed by atoms with van der Waals surface area (Å²) in [6.45, 7) is -0.0364. The molecule has 0 aliphatic heterocycles. The van der Waals surface area contributed by atoms with Crippen molar-refractivity contribution >= 4 is 40.5 Å². The SMILES string of the molecule is O=C(CNc1ccc(F)c(Cl)c1)Nc1cc(Cl)ccc1-n1cncn1. The van der Waals surface area contributed by atoms with E-state index in [0.717, 1.165) is 0 Å². The third kappa shape index (κ3) is 4.26. The Morgan fingerprint density at radius 3 is 2.76 bits per heavy atom. The zero-order chi connectivity index (χ0) is 17.8. The van der Waals surface area contributed by atoms with Gasteiger partial charge in [0.15, 0.2) is 0 Å². The topological polar surface area (TPSA) is 71.8 Å². The molecule has 1 amide bonds. The molecule has 0 saturated heterocycles. The first-order chi connectivity index (χ1) is 12.0. The highest BCUT2D eigenvalue weighted by molar-refractivity contribution is 6.31. The van der Waals surface area contributed by atoms with Gasteiger partial charge in [-0.25, -0.2) is 14.1 Å². The highest BCUT2D eigenvalue weighted by Gasteiger charge is 2.10. The minimum Gasteiger partial charge on any atom is -0.376 e. The summed E-state index contributed by atoms with van der Waals surface area (Å²) in [5, 5.41) is 10.1. The Labute approximate surface area is 152 Å².